The molecule has 2 heterocycles. The molecule has 3 aromatic rings. The molecule has 5 nitrogen and oxygen atoms in total. The topological polar surface area (TPSA) is 52.7 Å². The Balaban J connectivity index is 1.52. The van der Waals surface area contributed by atoms with Crippen LogP contribution in [0.4, 0.5) is 0 Å². The Labute approximate surface area is 175 Å². The molecule has 29 heavy (non-hydrogen) atoms. The van der Waals surface area contributed by atoms with Gasteiger partial charge in [-0.3, -0.25) is 4.79 Å². The van der Waals surface area contributed by atoms with E-state index in [9.17, 15) is 4.79 Å². The molecule has 2 aromatic heterocycles. The summed E-state index contributed by atoms with van der Waals surface area (Å²) in [5, 5.41) is 9.69. The van der Waals surface area contributed by atoms with Crippen LogP contribution in [0, 0.1) is 13.8 Å². The van der Waals surface area contributed by atoms with Crippen molar-refractivity contribution in [1.82, 2.24) is 19.3 Å². The van der Waals surface area contributed by atoms with Crippen molar-refractivity contribution in [3.63, 3.8) is 0 Å². The molecule has 1 fully saturated rings. The lowest BCUT2D eigenvalue weighted by Crippen LogP contribution is -2.09. The fourth-order valence-corrected chi connectivity index (χ4v) is 4.49. The number of rotatable bonds is 9. The molecule has 1 saturated carbocycles. The molecule has 0 spiro atoms. The van der Waals surface area contributed by atoms with Gasteiger partial charge >= 0.3 is 0 Å². The Morgan fingerprint density at radius 1 is 1.21 bits per heavy atom. The first-order valence-corrected chi connectivity index (χ1v) is 11.0. The number of Topliss-reactive ketones (excluding diaryl/α,β-unsaturated/α-hetero) is 1. The summed E-state index contributed by atoms with van der Waals surface area (Å²) in [6.45, 7) is 9.29. The van der Waals surface area contributed by atoms with Crippen molar-refractivity contribution in [2.45, 2.75) is 50.9 Å². The van der Waals surface area contributed by atoms with Gasteiger partial charge in [0.25, 0.3) is 0 Å². The third-order valence-electron chi connectivity index (χ3n) is 5.39. The predicted octanol–water partition coefficient (Wildman–Crippen LogP) is 4.78. The van der Waals surface area contributed by atoms with Gasteiger partial charge in [0.2, 0.25) is 0 Å². The van der Waals surface area contributed by atoms with E-state index in [4.69, 9.17) is 0 Å². The molecule has 0 radical (unpaired) electrons. The molecule has 150 valence electrons. The van der Waals surface area contributed by atoms with E-state index in [0.29, 0.717) is 18.2 Å². The van der Waals surface area contributed by atoms with Gasteiger partial charge in [0.15, 0.2) is 10.9 Å². The normalized spacial score (nSPS) is 13.6. The highest BCUT2D eigenvalue weighted by atomic mass is 32.2. The number of thioether (sulfide) groups is 1. The van der Waals surface area contributed by atoms with Crippen LogP contribution in [-0.2, 0) is 13.1 Å². The average Bonchev–Trinajstić information content (AvgIpc) is 3.44. The molecule has 0 N–H and O–H groups in total. The summed E-state index contributed by atoms with van der Waals surface area (Å²) in [5.41, 5.74) is 4.08. The number of hydrogen-bond donors (Lipinski definition) is 0. The first kappa shape index (κ1) is 19.7. The lowest BCUT2D eigenvalue weighted by molar-refractivity contribution is 0.102. The van der Waals surface area contributed by atoms with Gasteiger partial charge in [-0.2, -0.15) is 0 Å². The van der Waals surface area contributed by atoms with Crippen LogP contribution < -0.4 is 0 Å². The minimum absolute atomic E-state index is 0.126. The zero-order valence-electron chi connectivity index (χ0n) is 17.0. The molecule has 0 amide bonds. The molecule has 0 bridgehead atoms. The number of ketones is 1. The molecule has 0 unspecified atom stereocenters. The van der Waals surface area contributed by atoms with Gasteiger partial charge in [-0.05, 0) is 38.3 Å². The zero-order valence-corrected chi connectivity index (χ0v) is 17.8. The standard InChI is InChI=1S/C23H26N4OS/c1-4-12-26-16(2)13-20(17(26)3)21(28)15-29-23-25-24-22(19-10-11-19)27(23)14-18-8-6-5-7-9-18/h4-9,13,19H,1,10-12,14-15H2,2-3H3. The first-order valence-electron chi connectivity index (χ1n) is 9.99. The summed E-state index contributed by atoms with van der Waals surface area (Å²) in [5.74, 6) is 2.04. The molecule has 4 rings (SSSR count). The fourth-order valence-electron chi connectivity index (χ4n) is 3.67. The SMILES string of the molecule is C=CCn1c(C)cc(C(=O)CSc2nnc(C3CC3)n2Cc2ccccc2)c1C. The molecule has 1 aromatic carbocycles. The van der Waals surface area contributed by atoms with Crippen molar-refractivity contribution in [1.29, 1.82) is 0 Å². The molecule has 6 heteroatoms. The van der Waals surface area contributed by atoms with Crippen molar-refractivity contribution in [3.05, 3.63) is 77.4 Å². The average molecular weight is 407 g/mol. The highest BCUT2D eigenvalue weighted by Gasteiger charge is 2.30. The number of benzene rings is 1. The minimum atomic E-state index is 0.126. The number of carbonyl (C=O) groups excluding carboxylic acids is 1. The van der Waals surface area contributed by atoms with Crippen molar-refractivity contribution < 1.29 is 4.79 Å². The Morgan fingerprint density at radius 3 is 2.66 bits per heavy atom. The number of nitrogens with zero attached hydrogens (tertiary/aromatic N) is 4. The molecule has 0 atom stereocenters. The van der Waals surface area contributed by atoms with E-state index in [2.05, 4.69) is 38.0 Å². The fraction of sp³-hybridized carbons (Fsp3) is 0.348. The zero-order chi connectivity index (χ0) is 20.4. The highest BCUT2D eigenvalue weighted by molar-refractivity contribution is 7.99. The van der Waals surface area contributed by atoms with Gasteiger partial charge in [0.1, 0.15) is 5.82 Å². The van der Waals surface area contributed by atoms with Gasteiger partial charge in [-0.1, -0.05) is 48.2 Å². The minimum Gasteiger partial charge on any atom is -0.345 e. The highest BCUT2D eigenvalue weighted by Crippen LogP contribution is 2.40. The Kier molecular flexibility index (Phi) is 5.72. The van der Waals surface area contributed by atoms with E-state index in [-0.39, 0.29) is 5.78 Å². The lowest BCUT2D eigenvalue weighted by Gasteiger charge is -2.10. The molecular formula is C23H26N4OS. The largest absolute Gasteiger partial charge is 0.345 e. The van der Waals surface area contributed by atoms with Crippen LogP contribution in [0.1, 0.15) is 51.9 Å². The Bertz CT molecular complexity index is 1030. The van der Waals surface area contributed by atoms with Gasteiger partial charge < -0.3 is 9.13 Å². The summed E-state index contributed by atoms with van der Waals surface area (Å²) in [7, 11) is 0. The number of carbonyl (C=O) groups is 1. The van der Waals surface area contributed by atoms with E-state index >= 15 is 0 Å². The molecular weight excluding hydrogens is 380 g/mol. The monoisotopic (exact) mass is 406 g/mol. The maximum Gasteiger partial charge on any atom is 0.191 e. The van der Waals surface area contributed by atoms with Crippen molar-refractivity contribution in [2.75, 3.05) is 5.75 Å². The summed E-state index contributed by atoms with van der Waals surface area (Å²) in [4.78, 5) is 12.9. The van der Waals surface area contributed by atoms with Crippen LogP contribution >= 0.6 is 11.8 Å². The molecule has 1 aliphatic rings. The number of hydrogen-bond acceptors (Lipinski definition) is 4. The smallest absolute Gasteiger partial charge is 0.191 e. The Hall–Kier alpha value is -2.60. The Morgan fingerprint density at radius 2 is 1.97 bits per heavy atom. The van der Waals surface area contributed by atoms with Gasteiger partial charge in [0, 0.05) is 29.4 Å². The van der Waals surface area contributed by atoms with Gasteiger partial charge in [-0.15, -0.1) is 16.8 Å². The van der Waals surface area contributed by atoms with E-state index in [1.807, 2.05) is 44.2 Å². The van der Waals surface area contributed by atoms with Crippen LogP contribution in [0.15, 0.2) is 54.2 Å². The van der Waals surface area contributed by atoms with E-state index in [1.54, 1.807) is 0 Å². The molecule has 1 aliphatic carbocycles. The first-order chi connectivity index (χ1) is 14.1. The van der Waals surface area contributed by atoms with Crippen LogP contribution in [0.5, 0.6) is 0 Å². The second kappa shape index (κ2) is 8.41. The third-order valence-corrected chi connectivity index (χ3v) is 6.36. The summed E-state index contributed by atoms with van der Waals surface area (Å²) in [6, 6.07) is 12.3. The van der Waals surface area contributed by atoms with Crippen LogP contribution in [0.3, 0.4) is 0 Å². The van der Waals surface area contributed by atoms with E-state index in [1.165, 1.54) is 30.2 Å². The maximum absolute atomic E-state index is 12.9. The second-order valence-electron chi connectivity index (χ2n) is 7.58. The molecule has 0 saturated heterocycles. The van der Waals surface area contributed by atoms with Gasteiger partial charge in [-0.25, -0.2) is 0 Å². The number of allylic oxidation sites excluding steroid dienone is 1. The number of aryl methyl sites for hydroxylation is 1. The summed E-state index contributed by atoms with van der Waals surface area (Å²) >= 11 is 1.48. The number of aromatic nitrogens is 4. The summed E-state index contributed by atoms with van der Waals surface area (Å²) < 4.78 is 4.31. The van der Waals surface area contributed by atoms with E-state index in [0.717, 1.165) is 34.5 Å². The van der Waals surface area contributed by atoms with Gasteiger partial charge in [0.05, 0.1) is 12.3 Å². The van der Waals surface area contributed by atoms with Crippen LogP contribution in [-0.4, -0.2) is 30.9 Å². The molecule has 0 aliphatic heterocycles. The van der Waals surface area contributed by atoms with Crippen molar-refractivity contribution in [3.8, 4) is 0 Å². The third kappa shape index (κ3) is 4.22. The van der Waals surface area contributed by atoms with Crippen LogP contribution in [0.2, 0.25) is 0 Å². The van der Waals surface area contributed by atoms with Crippen molar-refractivity contribution in [2.24, 2.45) is 0 Å². The van der Waals surface area contributed by atoms with Crippen LogP contribution in [0.25, 0.3) is 0 Å². The quantitative estimate of drug-likeness (QED) is 0.291. The second-order valence-corrected chi connectivity index (χ2v) is 8.53. The van der Waals surface area contributed by atoms with Crippen molar-refractivity contribution >= 4 is 17.5 Å². The predicted molar refractivity (Wildman–Crippen MR) is 117 cm³/mol. The lowest BCUT2D eigenvalue weighted by atomic mass is 10.2. The van der Waals surface area contributed by atoms with E-state index < -0.39 is 0 Å². The maximum atomic E-state index is 12.9. The summed E-state index contributed by atoms with van der Waals surface area (Å²) in [6.07, 6.45) is 4.20.